The van der Waals surface area contributed by atoms with E-state index in [0.29, 0.717) is 11.4 Å². The monoisotopic (exact) mass is 363 g/mol. The highest BCUT2D eigenvalue weighted by atomic mass is 32.2. The number of methoxy groups -OCH3 is 1. The predicted octanol–water partition coefficient (Wildman–Crippen LogP) is 3.93. The van der Waals surface area contributed by atoms with Crippen molar-refractivity contribution in [1.82, 2.24) is 4.98 Å². The molecule has 2 aromatic carbocycles. The van der Waals surface area contributed by atoms with Crippen molar-refractivity contribution < 1.29 is 17.5 Å². The van der Waals surface area contributed by atoms with Gasteiger partial charge in [0.15, 0.2) is 9.84 Å². The van der Waals surface area contributed by atoms with Crippen LogP contribution in [0.15, 0.2) is 58.8 Å². The largest absolute Gasteiger partial charge is 0.497 e. The van der Waals surface area contributed by atoms with Gasteiger partial charge in [-0.05, 0) is 36.4 Å². The summed E-state index contributed by atoms with van der Waals surface area (Å²) in [6.07, 6.45) is 0. The smallest absolute Gasteiger partial charge is 0.184 e. The lowest BCUT2D eigenvalue weighted by Gasteiger charge is -2.03. The molecule has 0 bridgehead atoms. The molecule has 0 atom stereocenters. The van der Waals surface area contributed by atoms with Crippen LogP contribution >= 0.6 is 11.3 Å². The van der Waals surface area contributed by atoms with Gasteiger partial charge in [-0.1, -0.05) is 12.1 Å². The Morgan fingerprint density at radius 3 is 2.62 bits per heavy atom. The molecule has 0 amide bonds. The van der Waals surface area contributed by atoms with Crippen LogP contribution in [0.2, 0.25) is 0 Å². The Morgan fingerprint density at radius 1 is 1.17 bits per heavy atom. The second-order valence-corrected chi connectivity index (χ2v) is 7.94. The van der Waals surface area contributed by atoms with E-state index in [1.807, 2.05) is 24.3 Å². The standard InChI is InChI=1S/C17H14FNO3S2/c1-22-15-4-2-3-12(9-15)17-19-14(10-23-17)11-24(20,21)16-7-5-13(18)6-8-16/h2-10H,11H2,1H3. The lowest BCUT2D eigenvalue weighted by Crippen LogP contribution is -2.05. The molecule has 0 N–H and O–H groups in total. The van der Waals surface area contributed by atoms with Gasteiger partial charge in [-0.2, -0.15) is 0 Å². The molecule has 0 spiro atoms. The van der Waals surface area contributed by atoms with E-state index in [1.165, 1.54) is 23.5 Å². The molecule has 0 unspecified atom stereocenters. The van der Waals surface area contributed by atoms with E-state index in [2.05, 4.69) is 4.98 Å². The van der Waals surface area contributed by atoms with E-state index >= 15 is 0 Å². The van der Waals surface area contributed by atoms with Crippen molar-refractivity contribution in [2.24, 2.45) is 0 Å². The molecular formula is C17H14FNO3S2. The summed E-state index contributed by atoms with van der Waals surface area (Å²) in [7, 11) is -1.97. The van der Waals surface area contributed by atoms with E-state index in [-0.39, 0.29) is 10.6 Å². The average molecular weight is 363 g/mol. The second kappa shape index (κ2) is 6.70. The van der Waals surface area contributed by atoms with Gasteiger partial charge in [0.2, 0.25) is 0 Å². The summed E-state index contributed by atoms with van der Waals surface area (Å²) in [6.45, 7) is 0. The lowest BCUT2D eigenvalue weighted by molar-refractivity contribution is 0.415. The Bertz CT molecular complexity index is 950. The van der Waals surface area contributed by atoms with Gasteiger partial charge in [-0.25, -0.2) is 17.8 Å². The van der Waals surface area contributed by atoms with E-state index in [4.69, 9.17) is 4.74 Å². The highest BCUT2D eigenvalue weighted by molar-refractivity contribution is 7.90. The normalized spacial score (nSPS) is 11.4. The molecule has 3 aromatic rings. The quantitative estimate of drug-likeness (QED) is 0.645. The molecule has 0 saturated carbocycles. The number of halogens is 1. The SMILES string of the molecule is COc1cccc(-c2nc(CS(=O)(=O)c3ccc(F)cc3)cs2)c1. The first-order valence-electron chi connectivity index (χ1n) is 7.05. The van der Waals surface area contributed by atoms with Gasteiger partial charge in [0.25, 0.3) is 0 Å². The zero-order valence-electron chi connectivity index (χ0n) is 12.8. The number of hydrogen-bond donors (Lipinski definition) is 0. The Balaban J connectivity index is 1.84. The minimum absolute atomic E-state index is 0.0832. The average Bonchev–Trinajstić information content (AvgIpc) is 3.03. The van der Waals surface area contributed by atoms with Crippen LogP contribution in [0.5, 0.6) is 5.75 Å². The predicted molar refractivity (Wildman–Crippen MR) is 91.4 cm³/mol. The number of ether oxygens (including phenoxy) is 1. The van der Waals surface area contributed by atoms with Crippen LogP contribution in [0.25, 0.3) is 10.6 Å². The fraction of sp³-hybridized carbons (Fsp3) is 0.118. The third-order valence-corrected chi connectivity index (χ3v) is 5.99. The molecule has 7 heteroatoms. The molecule has 124 valence electrons. The molecule has 0 fully saturated rings. The van der Waals surface area contributed by atoms with Gasteiger partial charge in [-0.3, -0.25) is 0 Å². The van der Waals surface area contributed by atoms with Gasteiger partial charge in [-0.15, -0.1) is 11.3 Å². The van der Waals surface area contributed by atoms with E-state index < -0.39 is 15.7 Å². The van der Waals surface area contributed by atoms with Crippen molar-refractivity contribution in [3.8, 4) is 16.3 Å². The second-order valence-electron chi connectivity index (χ2n) is 5.09. The van der Waals surface area contributed by atoms with Crippen molar-refractivity contribution in [3.63, 3.8) is 0 Å². The van der Waals surface area contributed by atoms with Crippen LogP contribution < -0.4 is 4.74 Å². The van der Waals surface area contributed by atoms with Crippen LogP contribution in [0.4, 0.5) is 4.39 Å². The summed E-state index contributed by atoms with van der Waals surface area (Å²) in [5.74, 6) is 0.0186. The third-order valence-electron chi connectivity index (χ3n) is 3.38. The Labute approximate surface area is 143 Å². The summed E-state index contributed by atoms with van der Waals surface area (Å²) in [5, 5.41) is 2.44. The van der Waals surface area contributed by atoms with Gasteiger partial charge < -0.3 is 4.74 Å². The van der Waals surface area contributed by atoms with Crippen LogP contribution in [0.1, 0.15) is 5.69 Å². The lowest BCUT2D eigenvalue weighted by atomic mass is 10.2. The maximum atomic E-state index is 12.9. The minimum atomic E-state index is -3.56. The summed E-state index contributed by atoms with van der Waals surface area (Å²) in [5.41, 5.74) is 1.33. The van der Waals surface area contributed by atoms with Crippen molar-refractivity contribution in [3.05, 3.63) is 65.4 Å². The zero-order valence-corrected chi connectivity index (χ0v) is 14.4. The first kappa shape index (κ1) is 16.6. The Kier molecular flexibility index (Phi) is 4.64. The summed E-state index contributed by atoms with van der Waals surface area (Å²) < 4.78 is 42.9. The summed E-state index contributed by atoms with van der Waals surface area (Å²) in [6, 6.07) is 12.2. The molecular weight excluding hydrogens is 349 g/mol. The summed E-state index contributed by atoms with van der Waals surface area (Å²) >= 11 is 1.37. The van der Waals surface area contributed by atoms with Gasteiger partial charge in [0.1, 0.15) is 16.6 Å². The molecule has 1 aromatic heterocycles. The van der Waals surface area contributed by atoms with Crippen LogP contribution in [-0.4, -0.2) is 20.5 Å². The number of hydrogen-bond acceptors (Lipinski definition) is 5. The maximum Gasteiger partial charge on any atom is 0.184 e. The van der Waals surface area contributed by atoms with Crippen molar-refractivity contribution in [1.29, 1.82) is 0 Å². The number of aromatic nitrogens is 1. The number of rotatable bonds is 5. The third kappa shape index (κ3) is 3.63. The van der Waals surface area contributed by atoms with Crippen molar-refractivity contribution >= 4 is 21.2 Å². The topological polar surface area (TPSA) is 56.3 Å². The molecule has 0 saturated heterocycles. The van der Waals surface area contributed by atoms with Crippen molar-refractivity contribution in [2.45, 2.75) is 10.6 Å². The van der Waals surface area contributed by atoms with E-state index in [9.17, 15) is 12.8 Å². The first-order valence-corrected chi connectivity index (χ1v) is 9.58. The highest BCUT2D eigenvalue weighted by Gasteiger charge is 2.18. The van der Waals surface area contributed by atoms with Crippen LogP contribution in [0.3, 0.4) is 0 Å². The Morgan fingerprint density at radius 2 is 1.92 bits per heavy atom. The number of sulfone groups is 1. The number of thiazole rings is 1. The van der Waals surface area contributed by atoms with E-state index in [0.717, 1.165) is 22.7 Å². The molecule has 24 heavy (non-hydrogen) atoms. The van der Waals surface area contributed by atoms with E-state index in [1.54, 1.807) is 12.5 Å². The fourth-order valence-corrected chi connectivity index (χ4v) is 4.36. The minimum Gasteiger partial charge on any atom is -0.497 e. The Hall–Kier alpha value is -2.25. The summed E-state index contributed by atoms with van der Waals surface area (Å²) in [4.78, 5) is 4.48. The molecule has 1 heterocycles. The number of benzene rings is 2. The molecule has 0 aliphatic heterocycles. The molecule has 0 aliphatic rings. The first-order chi connectivity index (χ1) is 11.5. The fourth-order valence-electron chi connectivity index (χ4n) is 2.18. The highest BCUT2D eigenvalue weighted by Crippen LogP contribution is 2.28. The molecule has 0 radical (unpaired) electrons. The number of nitrogens with zero attached hydrogens (tertiary/aromatic N) is 1. The van der Waals surface area contributed by atoms with Gasteiger partial charge in [0, 0.05) is 10.9 Å². The maximum absolute atomic E-state index is 12.9. The van der Waals surface area contributed by atoms with Crippen molar-refractivity contribution in [2.75, 3.05) is 7.11 Å². The molecule has 4 nitrogen and oxygen atoms in total. The zero-order chi connectivity index (χ0) is 17.2. The molecule has 3 rings (SSSR count). The molecule has 0 aliphatic carbocycles. The van der Waals surface area contributed by atoms with Gasteiger partial charge >= 0.3 is 0 Å². The van der Waals surface area contributed by atoms with Crippen LogP contribution in [-0.2, 0) is 15.6 Å². The van der Waals surface area contributed by atoms with Gasteiger partial charge in [0.05, 0.1) is 23.5 Å². The van der Waals surface area contributed by atoms with Crippen LogP contribution in [0, 0.1) is 5.82 Å².